The van der Waals surface area contributed by atoms with Crippen LogP contribution in [-0.4, -0.2) is 46.2 Å². The van der Waals surface area contributed by atoms with Crippen molar-refractivity contribution in [2.75, 3.05) is 11.9 Å². The van der Waals surface area contributed by atoms with Crippen molar-refractivity contribution in [2.24, 2.45) is 23.2 Å². The molecular formula is C53H68F3IN4O6S. The van der Waals surface area contributed by atoms with Gasteiger partial charge in [0.15, 0.2) is 11.6 Å². The van der Waals surface area contributed by atoms with E-state index in [0.29, 0.717) is 16.4 Å². The lowest BCUT2D eigenvalue weighted by Crippen LogP contribution is -2.41. The lowest BCUT2D eigenvalue weighted by atomic mass is 9.70. The van der Waals surface area contributed by atoms with Crippen molar-refractivity contribution in [1.29, 1.82) is 0 Å². The summed E-state index contributed by atoms with van der Waals surface area (Å²) in [4.78, 5) is 64.7. The average molecular weight is 1070 g/mol. The van der Waals surface area contributed by atoms with E-state index < -0.39 is 58.3 Å². The topological polar surface area (TPSA) is 147 Å². The van der Waals surface area contributed by atoms with Gasteiger partial charge >= 0.3 is 0 Å². The van der Waals surface area contributed by atoms with Crippen molar-refractivity contribution in [3.8, 4) is 10.4 Å². The Bertz CT molecular complexity index is 2300. The number of halogens is 4. The molecule has 1 aliphatic rings. The number of hydrogen-bond acceptors (Lipinski definition) is 9. The Morgan fingerprint density at radius 2 is 1.46 bits per heavy atom. The molecule has 1 aromatic heterocycles. The third kappa shape index (κ3) is 16.2. The molecule has 1 saturated carbocycles. The van der Waals surface area contributed by atoms with Gasteiger partial charge in [-0.2, -0.15) is 0 Å². The van der Waals surface area contributed by atoms with Gasteiger partial charge in [0.25, 0.3) is 5.91 Å². The average Bonchev–Trinajstić information content (AvgIpc) is 3.92. The number of aliphatic hydroxyl groups is 1. The van der Waals surface area contributed by atoms with E-state index in [1.807, 2.05) is 87.0 Å². The Morgan fingerprint density at radius 3 is 2.06 bits per heavy atom. The maximum atomic E-state index is 14.7. The summed E-state index contributed by atoms with van der Waals surface area (Å²) in [6, 6.07) is 13.9. The smallest absolute Gasteiger partial charge is 0.277 e. The summed E-state index contributed by atoms with van der Waals surface area (Å²) in [7, 11) is 0. The van der Waals surface area contributed by atoms with Crippen LogP contribution in [0.5, 0.6) is 0 Å². The third-order valence-corrected chi connectivity index (χ3v) is 14.6. The summed E-state index contributed by atoms with van der Waals surface area (Å²) < 4.78 is 43.7. The number of nitrogens with one attached hydrogen (secondary N) is 3. The Hall–Kier alpha value is -4.19. The summed E-state index contributed by atoms with van der Waals surface area (Å²) >= 11 is 3.52. The molecule has 0 saturated heterocycles. The van der Waals surface area contributed by atoms with Gasteiger partial charge < -0.3 is 15.7 Å². The van der Waals surface area contributed by atoms with Crippen molar-refractivity contribution in [1.82, 2.24) is 15.8 Å². The highest BCUT2D eigenvalue weighted by Crippen LogP contribution is 2.41. The van der Waals surface area contributed by atoms with Crippen LogP contribution in [-0.2, 0) is 19.2 Å². The molecule has 15 heteroatoms. The van der Waals surface area contributed by atoms with Crippen LogP contribution in [0.2, 0.25) is 0 Å². The van der Waals surface area contributed by atoms with Gasteiger partial charge in [0, 0.05) is 28.2 Å². The fourth-order valence-electron chi connectivity index (χ4n) is 8.97. The molecule has 68 heavy (non-hydrogen) atoms. The van der Waals surface area contributed by atoms with Crippen LogP contribution < -0.4 is 16.1 Å². The zero-order valence-electron chi connectivity index (χ0n) is 40.0. The van der Waals surface area contributed by atoms with Gasteiger partial charge in [-0.15, -0.1) is 11.3 Å². The number of thiazole rings is 1. The van der Waals surface area contributed by atoms with Gasteiger partial charge in [0.1, 0.15) is 17.4 Å². The molecule has 4 aromatic rings. The van der Waals surface area contributed by atoms with E-state index in [0.717, 1.165) is 104 Å². The summed E-state index contributed by atoms with van der Waals surface area (Å²) in [5.41, 5.74) is 5.81. The molecule has 0 aliphatic heterocycles. The number of aryl methyl sites for hydroxylation is 1. The van der Waals surface area contributed by atoms with Crippen LogP contribution >= 0.6 is 33.9 Å². The number of carbonyl (C=O) groups excluding carboxylic acids is 4. The number of carbonyl (C=O) groups is 4. The highest BCUT2D eigenvalue weighted by atomic mass is 127. The van der Waals surface area contributed by atoms with Crippen molar-refractivity contribution in [3.63, 3.8) is 0 Å². The van der Waals surface area contributed by atoms with Gasteiger partial charge in [-0.25, -0.2) is 23.6 Å². The van der Waals surface area contributed by atoms with Crippen molar-refractivity contribution in [2.45, 2.75) is 149 Å². The summed E-state index contributed by atoms with van der Waals surface area (Å²) in [6.07, 6.45) is 12.5. The third-order valence-electron chi connectivity index (χ3n) is 13.0. The first-order valence-corrected chi connectivity index (χ1v) is 26.1. The van der Waals surface area contributed by atoms with Gasteiger partial charge in [-0.05, 0) is 109 Å². The molecule has 3 aromatic carbocycles. The normalized spacial score (nSPS) is 16.9. The number of rotatable bonds is 27. The zero-order chi connectivity index (χ0) is 49.4. The van der Waals surface area contributed by atoms with Crippen LogP contribution in [0.15, 0.2) is 60.1 Å². The van der Waals surface area contributed by atoms with E-state index in [4.69, 9.17) is 4.84 Å². The molecule has 4 N–H and O–H groups in total. The molecule has 2 amide bonds. The molecule has 0 spiro atoms. The van der Waals surface area contributed by atoms with Gasteiger partial charge in [0.05, 0.1) is 57.7 Å². The van der Waals surface area contributed by atoms with E-state index in [1.54, 1.807) is 17.4 Å². The second kappa shape index (κ2) is 26.7. The van der Waals surface area contributed by atoms with E-state index in [2.05, 4.69) is 21.1 Å². The zero-order valence-corrected chi connectivity index (χ0v) is 43.0. The number of aliphatic hydroxyl groups excluding tert-OH is 1. The fraction of sp³-hybridized carbons (Fsp3) is 0.528. The van der Waals surface area contributed by atoms with Gasteiger partial charge in [-0.3, -0.25) is 24.0 Å². The standard InChI is InChI=1S/C53H68F3IN4O6S/c1-33(35-19-21-36(22-20-35)50-34(2)58-32-68-50)59-51(65)42-30-39(63)29-41(42)49(64)43(53(3,4)5)31-38(62)18-16-14-12-10-8-6-7-9-11-13-15-17-27-67-61-52(66)40-24-25-44(54)47(56)48(40)60-46-26-23-37(57)28-45(46)55/h19-26,28,32-33,39,41-43,60,63H,6-18,27,29-31H2,1-5H3,(H,59,65)(H,61,66)/t33-,39-,41?,42+,43+/m0/s1. The van der Waals surface area contributed by atoms with Crippen molar-refractivity contribution < 1.29 is 42.3 Å². The summed E-state index contributed by atoms with van der Waals surface area (Å²) in [5.74, 6) is -6.04. The van der Waals surface area contributed by atoms with Crippen LogP contribution in [0.4, 0.5) is 24.5 Å². The molecule has 5 atom stereocenters. The minimum Gasteiger partial charge on any atom is -0.393 e. The molecule has 1 aliphatic carbocycles. The second-order valence-corrected chi connectivity index (χ2v) is 21.4. The molecule has 10 nitrogen and oxygen atoms in total. The fourth-order valence-corrected chi connectivity index (χ4v) is 10.2. The number of aromatic nitrogens is 1. The van der Waals surface area contributed by atoms with Gasteiger partial charge in [-0.1, -0.05) is 109 Å². The first-order chi connectivity index (χ1) is 32.4. The number of anilines is 2. The number of unbranched alkanes of at least 4 members (excludes halogenated alkanes) is 11. The quantitative estimate of drug-likeness (QED) is 0.0262. The molecule has 0 bridgehead atoms. The number of nitrogens with zero attached hydrogens (tertiary/aromatic N) is 1. The largest absolute Gasteiger partial charge is 0.393 e. The molecule has 1 unspecified atom stereocenters. The van der Waals surface area contributed by atoms with E-state index in [-0.39, 0.29) is 60.6 Å². The van der Waals surface area contributed by atoms with Crippen LogP contribution in [0.25, 0.3) is 10.4 Å². The second-order valence-electron chi connectivity index (χ2n) is 19.3. The monoisotopic (exact) mass is 1070 g/mol. The Kier molecular flexibility index (Phi) is 21.5. The lowest BCUT2D eigenvalue weighted by Gasteiger charge is -2.32. The van der Waals surface area contributed by atoms with Crippen molar-refractivity contribution in [3.05, 3.63) is 98.0 Å². The maximum absolute atomic E-state index is 14.7. The number of ketones is 2. The minimum atomic E-state index is -1.30. The molecule has 1 heterocycles. The number of amides is 2. The molecular weight excluding hydrogens is 1000 g/mol. The lowest BCUT2D eigenvalue weighted by molar-refractivity contribution is -0.139. The van der Waals surface area contributed by atoms with E-state index in [1.165, 1.54) is 12.1 Å². The van der Waals surface area contributed by atoms with Crippen LogP contribution in [0.3, 0.4) is 0 Å². The highest BCUT2D eigenvalue weighted by molar-refractivity contribution is 14.1. The minimum absolute atomic E-state index is 0.0701. The van der Waals surface area contributed by atoms with E-state index >= 15 is 0 Å². The predicted octanol–water partition coefficient (Wildman–Crippen LogP) is 13.1. The molecule has 0 radical (unpaired) electrons. The predicted molar refractivity (Wildman–Crippen MR) is 271 cm³/mol. The van der Waals surface area contributed by atoms with Crippen LogP contribution in [0, 0.1) is 51.1 Å². The highest BCUT2D eigenvalue weighted by Gasteiger charge is 2.46. The van der Waals surface area contributed by atoms with Gasteiger partial charge in [0.2, 0.25) is 5.91 Å². The Balaban J connectivity index is 0.911. The first-order valence-electron chi connectivity index (χ1n) is 24.1. The number of hydrogen-bond donors (Lipinski definition) is 4. The van der Waals surface area contributed by atoms with E-state index in [9.17, 15) is 37.5 Å². The maximum Gasteiger partial charge on any atom is 0.277 e. The number of Topliss-reactive ketones (excluding diaryl/α,β-unsaturated/α-hetero) is 2. The SMILES string of the molecule is Cc1ncsc1-c1ccc([C@H](C)NC(=O)[C@@H]2C[C@@H](O)CC2C(=O)[C@@H](CC(=O)CCCCCCCCCCCCCCONC(=O)c2ccc(F)c(F)c2Nc2ccc(I)cc2F)C(C)(C)C)cc1. The molecule has 370 valence electrons. The first kappa shape index (κ1) is 54.7. The van der Waals surface area contributed by atoms with Crippen LogP contribution in [0.1, 0.15) is 158 Å². The Labute approximate surface area is 417 Å². The Morgan fingerprint density at radius 1 is 0.838 bits per heavy atom. The number of benzene rings is 3. The summed E-state index contributed by atoms with van der Waals surface area (Å²) in [5, 5.41) is 16.3. The van der Waals surface area contributed by atoms with Crippen molar-refractivity contribution >= 4 is 68.7 Å². The summed E-state index contributed by atoms with van der Waals surface area (Å²) in [6.45, 7) is 10.1. The molecule has 5 rings (SSSR count). The number of hydroxylamine groups is 1. The molecule has 1 fully saturated rings.